The summed E-state index contributed by atoms with van der Waals surface area (Å²) in [4.78, 5) is 21.0. The number of amides is 1. The molecule has 0 aromatic rings. The Labute approximate surface area is 78.9 Å². The number of nitrogens with zero attached hydrogens (tertiary/aromatic N) is 1. The van der Waals surface area contributed by atoms with E-state index in [-0.39, 0.29) is 17.3 Å². The lowest BCUT2D eigenvalue weighted by molar-refractivity contribution is -0.142. The highest BCUT2D eigenvalue weighted by molar-refractivity contribution is 7.85. The zero-order chi connectivity index (χ0) is 10.9. The van der Waals surface area contributed by atoms with E-state index in [2.05, 4.69) is 4.18 Å². The van der Waals surface area contributed by atoms with Crippen molar-refractivity contribution >= 4 is 22.4 Å². The van der Waals surface area contributed by atoms with Crippen molar-refractivity contribution < 1.29 is 32.4 Å². The van der Waals surface area contributed by atoms with Crippen molar-refractivity contribution in [1.29, 1.82) is 0 Å². The molecule has 1 fully saturated rings. The highest BCUT2D eigenvalue weighted by Gasteiger charge is 2.43. The molecular weight excluding hydrogens is 218 g/mol. The fraction of sp³-hybridized carbons (Fsp3) is 0.600. The first kappa shape index (κ1) is 10.7. The van der Waals surface area contributed by atoms with Crippen molar-refractivity contribution in [2.24, 2.45) is 0 Å². The van der Waals surface area contributed by atoms with E-state index in [0.717, 1.165) is 0 Å². The van der Waals surface area contributed by atoms with Gasteiger partial charge in [0.2, 0.25) is 0 Å². The van der Waals surface area contributed by atoms with Gasteiger partial charge in [-0.2, -0.15) is 12.7 Å². The number of carboxylic acids is 1. The third-order valence-electron chi connectivity index (χ3n) is 1.62. The van der Waals surface area contributed by atoms with Crippen LogP contribution in [0.5, 0.6) is 0 Å². The van der Waals surface area contributed by atoms with Crippen molar-refractivity contribution in [1.82, 2.24) is 4.31 Å². The second-order valence-corrected chi connectivity index (χ2v) is 3.99. The minimum atomic E-state index is -4.46. The van der Waals surface area contributed by atoms with Crippen LogP contribution in [0.1, 0.15) is 6.42 Å². The van der Waals surface area contributed by atoms with Crippen LogP contribution in [0.15, 0.2) is 0 Å². The van der Waals surface area contributed by atoms with Gasteiger partial charge in [0.25, 0.3) is 0 Å². The van der Waals surface area contributed by atoms with E-state index in [4.69, 9.17) is 10.2 Å². The Balaban J connectivity index is 3.09. The van der Waals surface area contributed by atoms with Gasteiger partial charge in [0, 0.05) is 6.42 Å². The lowest BCUT2D eigenvalue weighted by atomic mass is 10.2. The van der Waals surface area contributed by atoms with Gasteiger partial charge in [0.1, 0.15) is 0 Å². The lowest BCUT2D eigenvalue weighted by Gasteiger charge is -2.28. The number of hydrogen-bond donors (Lipinski definition) is 2. The maximum Gasteiger partial charge on any atom is 0.423 e. The molecule has 0 unspecified atom stereocenters. The zero-order valence-corrected chi connectivity index (χ0v) is 7.60. The fourth-order valence-electron chi connectivity index (χ4n) is 1.05. The molecule has 9 heteroatoms. The number of carbonyl (C=O) groups is 2. The number of aliphatic carboxylic acids is 1. The van der Waals surface area contributed by atoms with Crippen molar-refractivity contribution in [2.75, 3.05) is 6.61 Å². The number of carboxylic acid groups (broad SMARTS) is 2. The average Bonchev–Trinajstić information content (AvgIpc) is 2.00. The highest BCUT2D eigenvalue weighted by Crippen LogP contribution is 2.19. The topological polar surface area (TPSA) is 121 Å². The molecule has 0 saturated carbocycles. The quantitative estimate of drug-likeness (QED) is 0.592. The van der Waals surface area contributed by atoms with E-state index in [9.17, 15) is 18.0 Å². The molecule has 0 spiro atoms. The van der Waals surface area contributed by atoms with Gasteiger partial charge < -0.3 is 10.2 Å². The van der Waals surface area contributed by atoms with Crippen molar-refractivity contribution in [3.05, 3.63) is 0 Å². The minimum Gasteiger partial charge on any atom is -0.480 e. The maximum absolute atomic E-state index is 11.0. The monoisotopic (exact) mass is 225 g/mol. The molecule has 1 aliphatic heterocycles. The van der Waals surface area contributed by atoms with Crippen molar-refractivity contribution in [3.8, 4) is 0 Å². The summed E-state index contributed by atoms with van der Waals surface area (Å²) in [5.41, 5.74) is 0. The van der Waals surface area contributed by atoms with E-state index >= 15 is 0 Å². The van der Waals surface area contributed by atoms with Crippen molar-refractivity contribution in [3.63, 3.8) is 0 Å². The van der Waals surface area contributed by atoms with Gasteiger partial charge in [-0.1, -0.05) is 0 Å². The normalized spacial score (nSPS) is 25.7. The zero-order valence-electron chi connectivity index (χ0n) is 6.78. The summed E-state index contributed by atoms with van der Waals surface area (Å²) in [7, 11) is -4.46. The van der Waals surface area contributed by atoms with Crippen LogP contribution in [0.25, 0.3) is 0 Å². The first-order valence-corrected chi connectivity index (χ1v) is 4.87. The van der Waals surface area contributed by atoms with Crippen LogP contribution in [0.3, 0.4) is 0 Å². The molecule has 0 bridgehead atoms. The highest BCUT2D eigenvalue weighted by atomic mass is 32.2. The van der Waals surface area contributed by atoms with Crippen LogP contribution >= 0.6 is 0 Å². The molecule has 0 aromatic carbocycles. The Morgan fingerprint density at radius 3 is 2.29 bits per heavy atom. The summed E-state index contributed by atoms with van der Waals surface area (Å²) in [6, 6.07) is -1.61. The molecule has 2 N–H and O–H groups in total. The number of hydrogen-bond acceptors (Lipinski definition) is 5. The maximum atomic E-state index is 11.0. The van der Waals surface area contributed by atoms with E-state index < -0.39 is 28.4 Å². The van der Waals surface area contributed by atoms with Crippen LogP contribution in [0, 0.1) is 0 Å². The first-order valence-electron chi connectivity index (χ1n) is 3.51. The van der Waals surface area contributed by atoms with Crippen LogP contribution < -0.4 is 0 Å². The largest absolute Gasteiger partial charge is 0.480 e. The molecular formula is C5H7NO7S. The lowest BCUT2D eigenvalue weighted by Crippen LogP contribution is -2.52. The summed E-state index contributed by atoms with van der Waals surface area (Å²) in [5, 5.41) is 17.1. The molecule has 1 amide bonds. The van der Waals surface area contributed by atoms with E-state index in [1.807, 2.05) is 0 Å². The van der Waals surface area contributed by atoms with E-state index in [0.29, 0.717) is 0 Å². The minimum absolute atomic E-state index is 0.194. The smallest absolute Gasteiger partial charge is 0.423 e. The molecule has 1 rings (SSSR count). The van der Waals surface area contributed by atoms with Gasteiger partial charge in [0.05, 0.1) is 6.61 Å². The van der Waals surface area contributed by atoms with Gasteiger partial charge >= 0.3 is 22.4 Å². The molecule has 80 valence electrons. The Morgan fingerprint density at radius 1 is 1.36 bits per heavy atom. The molecule has 1 atom stereocenters. The van der Waals surface area contributed by atoms with Crippen LogP contribution in [-0.4, -0.2) is 47.6 Å². The Hall–Kier alpha value is -1.35. The summed E-state index contributed by atoms with van der Waals surface area (Å²) in [6.07, 6.45) is -2.06. The second kappa shape index (κ2) is 3.42. The summed E-state index contributed by atoms with van der Waals surface area (Å²) < 4.78 is 26.0. The average molecular weight is 225 g/mol. The molecule has 0 aromatic heterocycles. The predicted molar refractivity (Wildman–Crippen MR) is 40.8 cm³/mol. The number of rotatable bonds is 1. The van der Waals surface area contributed by atoms with Gasteiger partial charge in [0.15, 0.2) is 6.04 Å². The SMILES string of the molecule is O=C(O)[C@@H]1CCOS(=O)(=O)N1C(=O)O. The van der Waals surface area contributed by atoms with Gasteiger partial charge in [-0.15, -0.1) is 0 Å². The molecule has 1 aliphatic rings. The first-order chi connectivity index (χ1) is 6.36. The molecule has 0 radical (unpaired) electrons. The van der Waals surface area contributed by atoms with Crippen LogP contribution in [0.2, 0.25) is 0 Å². The van der Waals surface area contributed by atoms with E-state index in [1.165, 1.54) is 0 Å². The van der Waals surface area contributed by atoms with Crippen LogP contribution in [0.4, 0.5) is 4.79 Å². The van der Waals surface area contributed by atoms with Gasteiger partial charge in [-0.25, -0.2) is 9.59 Å². The third-order valence-corrected chi connectivity index (χ3v) is 2.98. The summed E-state index contributed by atoms with van der Waals surface area (Å²) >= 11 is 0. The summed E-state index contributed by atoms with van der Waals surface area (Å²) in [5.74, 6) is -1.51. The Kier molecular flexibility index (Phi) is 2.62. The molecule has 1 saturated heterocycles. The summed E-state index contributed by atoms with van der Waals surface area (Å²) in [6.45, 7) is -0.330. The van der Waals surface area contributed by atoms with Crippen LogP contribution in [-0.2, 0) is 19.3 Å². The standard InChI is InChI=1S/C5H7NO7S/c7-4(8)3-1-2-13-14(11,12)6(3)5(9)10/h3H,1-2H2,(H,7,8)(H,9,10)/t3-/m0/s1. The molecule has 0 aliphatic carbocycles. The Bertz CT molecular complexity index is 360. The van der Waals surface area contributed by atoms with Gasteiger partial charge in [-0.3, -0.25) is 4.18 Å². The van der Waals surface area contributed by atoms with Gasteiger partial charge in [-0.05, 0) is 0 Å². The second-order valence-electron chi connectivity index (χ2n) is 2.50. The Morgan fingerprint density at radius 2 is 1.93 bits per heavy atom. The molecule has 8 nitrogen and oxygen atoms in total. The van der Waals surface area contributed by atoms with E-state index in [1.54, 1.807) is 0 Å². The predicted octanol–water partition coefficient (Wildman–Crippen LogP) is -0.915. The molecule has 14 heavy (non-hydrogen) atoms. The molecule has 1 heterocycles. The third kappa shape index (κ3) is 1.77. The fourth-order valence-corrected chi connectivity index (χ4v) is 2.17. The van der Waals surface area contributed by atoms with Crippen molar-refractivity contribution in [2.45, 2.75) is 12.5 Å².